The highest BCUT2D eigenvalue weighted by Gasteiger charge is 2.38. The van der Waals surface area contributed by atoms with Gasteiger partial charge in [-0.2, -0.15) is 0 Å². The molecule has 0 saturated heterocycles. The molecule has 12 heteroatoms. The van der Waals surface area contributed by atoms with Crippen LogP contribution in [-0.2, 0) is 6.42 Å². The molecule has 4 aromatic heterocycles. The van der Waals surface area contributed by atoms with Gasteiger partial charge in [-0.3, -0.25) is 4.79 Å². The van der Waals surface area contributed by atoms with Gasteiger partial charge in [0.25, 0.3) is 5.89 Å². The maximum Gasteiger partial charge on any atom is 0.312 e. The van der Waals surface area contributed by atoms with Crippen molar-refractivity contribution in [1.29, 1.82) is 0 Å². The molecule has 9 nitrogen and oxygen atoms in total. The molecule has 0 bridgehead atoms. The maximum absolute atomic E-state index is 14.3. The van der Waals surface area contributed by atoms with E-state index >= 15 is 0 Å². The summed E-state index contributed by atoms with van der Waals surface area (Å²) in [5, 5.41) is 8.11. The number of H-pyrrole nitrogens is 1. The lowest BCUT2D eigenvalue weighted by molar-refractivity contribution is 0.0650. The second-order valence-electron chi connectivity index (χ2n) is 7.30. The molecule has 5 heterocycles. The summed E-state index contributed by atoms with van der Waals surface area (Å²) in [5.74, 6) is -2.17. The van der Waals surface area contributed by atoms with E-state index in [9.17, 15) is 13.6 Å². The van der Waals surface area contributed by atoms with Gasteiger partial charge in [-0.25, -0.2) is 23.7 Å². The second kappa shape index (κ2) is 7.52. The molecule has 0 saturated carbocycles. The van der Waals surface area contributed by atoms with Crippen molar-refractivity contribution >= 4 is 27.5 Å². The number of benzene rings is 1. The van der Waals surface area contributed by atoms with Gasteiger partial charge in [0, 0.05) is 24.9 Å². The summed E-state index contributed by atoms with van der Waals surface area (Å²) in [5.41, 5.74) is 1.57. The Hall–Kier alpha value is -4.06. The molecule has 0 unspecified atom stereocenters. The third-order valence-electron chi connectivity index (χ3n) is 5.38. The van der Waals surface area contributed by atoms with Gasteiger partial charge in [0.15, 0.2) is 11.5 Å². The monoisotopic (exact) mass is 465 g/mol. The molecule has 1 aliphatic rings. The van der Waals surface area contributed by atoms with Crippen molar-refractivity contribution in [3.63, 3.8) is 0 Å². The van der Waals surface area contributed by atoms with Crippen LogP contribution in [0.5, 0.6) is 0 Å². The Balaban J connectivity index is 1.41. The van der Waals surface area contributed by atoms with Crippen molar-refractivity contribution in [3.8, 4) is 11.6 Å². The van der Waals surface area contributed by atoms with Crippen molar-refractivity contribution in [2.45, 2.75) is 12.5 Å². The molecule has 1 aliphatic heterocycles. The van der Waals surface area contributed by atoms with E-state index in [2.05, 4.69) is 30.1 Å². The minimum Gasteiger partial charge on any atom is -0.411 e. The SMILES string of the molecule is O=C(c1nnc(-c2ncccc2F)o1)N1CCc2[nH]cnc2[C@H]1c1nc2c(F)cccc2s1. The number of carbonyl (C=O) groups is 1. The summed E-state index contributed by atoms with van der Waals surface area (Å²) in [4.78, 5) is 30.8. The predicted octanol–water partition coefficient (Wildman–Crippen LogP) is 3.53. The molecule has 164 valence electrons. The number of thiazole rings is 1. The highest BCUT2D eigenvalue weighted by Crippen LogP contribution is 2.38. The average Bonchev–Trinajstić information content (AvgIpc) is 3.57. The molecule has 0 fully saturated rings. The molecule has 1 amide bonds. The van der Waals surface area contributed by atoms with E-state index < -0.39 is 23.6 Å². The van der Waals surface area contributed by atoms with Crippen molar-refractivity contribution in [1.82, 2.24) is 35.0 Å². The van der Waals surface area contributed by atoms with E-state index in [1.807, 2.05) is 0 Å². The Morgan fingerprint density at radius 1 is 1.15 bits per heavy atom. The summed E-state index contributed by atoms with van der Waals surface area (Å²) in [6.45, 7) is 0.312. The number of nitrogens with one attached hydrogen (secondary N) is 1. The number of imidazole rings is 1. The molecule has 1 aromatic carbocycles. The van der Waals surface area contributed by atoms with Crippen molar-refractivity contribution in [3.05, 3.63) is 76.8 Å². The molecule has 1 N–H and O–H groups in total. The zero-order chi connectivity index (χ0) is 22.5. The molecular weight excluding hydrogens is 452 g/mol. The van der Waals surface area contributed by atoms with Crippen LogP contribution in [-0.4, -0.2) is 47.5 Å². The highest BCUT2D eigenvalue weighted by molar-refractivity contribution is 7.18. The summed E-state index contributed by atoms with van der Waals surface area (Å²) in [7, 11) is 0. The Labute approximate surface area is 188 Å². The van der Waals surface area contributed by atoms with Gasteiger partial charge in [-0.1, -0.05) is 6.07 Å². The lowest BCUT2D eigenvalue weighted by Crippen LogP contribution is -2.41. The van der Waals surface area contributed by atoms with Crippen LogP contribution in [0.15, 0.2) is 47.3 Å². The zero-order valence-corrected chi connectivity index (χ0v) is 17.5. The van der Waals surface area contributed by atoms with E-state index in [1.165, 1.54) is 40.6 Å². The Morgan fingerprint density at radius 3 is 2.88 bits per heavy atom. The van der Waals surface area contributed by atoms with Crippen LogP contribution in [0.3, 0.4) is 0 Å². The van der Waals surface area contributed by atoms with Crippen molar-refractivity contribution in [2.75, 3.05) is 6.54 Å². The number of halogens is 2. The second-order valence-corrected chi connectivity index (χ2v) is 8.36. The number of nitrogens with zero attached hydrogens (tertiary/aromatic N) is 6. The van der Waals surface area contributed by atoms with Crippen LogP contribution < -0.4 is 0 Å². The van der Waals surface area contributed by atoms with Gasteiger partial charge in [0.2, 0.25) is 0 Å². The molecule has 0 spiro atoms. The number of carbonyl (C=O) groups excluding carboxylic acids is 1. The number of rotatable bonds is 3. The quantitative estimate of drug-likeness (QED) is 0.434. The summed E-state index contributed by atoms with van der Waals surface area (Å²) < 4.78 is 34.5. The molecular formula is C21H13F2N7O2S. The van der Waals surface area contributed by atoms with Crippen molar-refractivity contribution in [2.24, 2.45) is 0 Å². The summed E-state index contributed by atoms with van der Waals surface area (Å²) >= 11 is 1.28. The third-order valence-corrected chi connectivity index (χ3v) is 6.45. The van der Waals surface area contributed by atoms with Crippen LogP contribution in [0.25, 0.3) is 21.8 Å². The standard InChI is InChI=1S/C21H13F2N7O2S/c22-10-3-1-5-13-14(10)27-20(33-13)17-16-12(25-9-26-16)6-8-30(17)21(31)19-29-28-18(32-19)15-11(23)4-2-7-24-15/h1-5,7,9,17H,6,8H2,(H,25,26)/t17-/m0/s1. The highest BCUT2D eigenvalue weighted by atomic mass is 32.1. The number of aromatic amines is 1. The number of hydrogen-bond acceptors (Lipinski definition) is 8. The van der Waals surface area contributed by atoms with Crippen LogP contribution in [0.4, 0.5) is 8.78 Å². The fraction of sp³-hybridized carbons (Fsp3) is 0.143. The van der Waals surface area contributed by atoms with E-state index in [1.54, 1.807) is 18.5 Å². The smallest absolute Gasteiger partial charge is 0.312 e. The number of hydrogen-bond donors (Lipinski definition) is 1. The predicted molar refractivity (Wildman–Crippen MR) is 112 cm³/mol. The molecule has 5 aromatic rings. The number of pyridine rings is 1. The molecule has 0 aliphatic carbocycles. The lowest BCUT2D eigenvalue weighted by Gasteiger charge is -2.32. The van der Waals surface area contributed by atoms with Gasteiger partial charge in [-0.05, 0) is 24.3 Å². The first-order valence-electron chi connectivity index (χ1n) is 9.92. The zero-order valence-electron chi connectivity index (χ0n) is 16.7. The number of para-hydroxylation sites is 1. The van der Waals surface area contributed by atoms with Crippen molar-refractivity contribution < 1.29 is 18.0 Å². The van der Waals surface area contributed by atoms with Crippen LogP contribution in [0.1, 0.15) is 33.1 Å². The lowest BCUT2D eigenvalue weighted by atomic mass is 10.0. The number of aromatic nitrogens is 6. The Kier molecular flexibility index (Phi) is 4.47. The largest absolute Gasteiger partial charge is 0.411 e. The molecule has 6 rings (SSSR count). The summed E-state index contributed by atoms with van der Waals surface area (Å²) in [6, 6.07) is 6.69. The molecule has 0 radical (unpaired) electrons. The van der Waals surface area contributed by atoms with E-state index in [-0.39, 0.29) is 23.0 Å². The first kappa shape index (κ1) is 19.6. The fourth-order valence-electron chi connectivity index (χ4n) is 3.87. The van der Waals surface area contributed by atoms with E-state index in [0.717, 1.165) is 5.69 Å². The number of amides is 1. The van der Waals surface area contributed by atoms with Gasteiger partial charge >= 0.3 is 11.8 Å². The van der Waals surface area contributed by atoms with Gasteiger partial charge in [-0.15, -0.1) is 21.5 Å². The molecule has 1 atom stereocenters. The maximum atomic E-state index is 14.3. The van der Waals surface area contributed by atoms with Gasteiger partial charge in [0.1, 0.15) is 22.4 Å². The third kappa shape index (κ3) is 3.18. The topological polar surface area (TPSA) is 114 Å². The molecule has 33 heavy (non-hydrogen) atoms. The summed E-state index contributed by atoms with van der Waals surface area (Å²) in [6.07, 6.45) is 3.46. The van der Waals surface area contributed by atoms with Crippen LogP contribution in [0.2, 0.25) is 0 Å². The average molecular weight is 465 g/mol. The fourth-order valence-corrected chi connectivity index (χ4v) is 4.96. The van der Waals surface area contributed by atoms with E-state index in [4.69, 9.17) is 4.42 Å². The minimum atomic E-state index is -0.675. The minimum absolute atomic E-state index is 0.143. The van der Waals surface area contributed by atoms with Crippen LogP contribution >= 0.6 is 11.3 Å². The van der Waals surface area contributed by atoms with Crippen LogP contribution in [0, 0.1) is 11.6 Å². The normalized spacial score (nSPS) is 15.7. The Bertz CT molecular complexity index is 1510. The number of fused-ring (bicyclic) bond motifs is 2. The van der Waals surface area contributed by atoms with Gasteiger partial charge in [0.05, 0.1) is 16.7 Å². The first-order chi connectivity index (χ1) is 16.1. The van der Waals surface area contributed by atoms with E-state index in [0.29, 0.717) is 28.4 Å². The Morgan fingerprint density at radius 2 is 2.03 bits per heavy atom. The van der Waals surface area contributed by atoms with Gasteiger partial charge < -0.3 is 14.3 Å². The first-order valence-corrected chi connectivity index (χ1v) is 10.7.